The van der Waals surface area contributed by atoms with Gasteiger partial charge in [-0.1, -0.05) is 12.1 Å². The second kappa shape index (κ2) is 4.84. The van der Waals surface area contributed by atoms with E-state index in [1.807, 2.05) is 24.3 Å². The zero-order chi connectivity index (χ0) is 11.9. The van der Waals surface area contributed by atoms with Crippen LogP contribution in [0.25, 0.3) is 10.2 Å². The SMILES string of the molecule is Cl.NC1(C(=O)NCc2nc3ccccc3s2)CC1. The molecule has 3 rings (SSSR count). The summed E-state index contributed by atoms with van der Waals surface area (Å²) in [7, 11) is 0. The highest BCUT2D eigenvalue weighted by atomic mass is 35.5. The summed E-state index contributed by atoms with van der Waals surface area (Å²) in [5, 5.41) is 3.77. The third kappa shape index (κ3) is 2.48. The number of carbonyl (C=O) groups is 1. The molecule has 0 radical (unpaired) electrons. The molecule has 1 amide bonds. The summed E-state index contributed by atoms with van der Waals surface area (Å²) in [5.74, 6) is -0.0586. The first-order chi connectivity index (χ1) is 8.17. The number of nitrogens with one attached hydrogen (secondary N) is 1. The van der Waals surface area contributed by atoms with Gasteiger partial charge in [0.05, 0.1) is 22.3 Å². The Morgan fingerprint density at radius 1 is 1.44 bits per heavy atom. The molecule has 0 bridgehead atoms. The Morgan fingerprint density at radius 3 is 2.83 bits per heavy atom. The van der Waals surface area contributed by atoms with E-state index in [2.05, 4.69) is 10.3 Å². The van der Waals surface area contributed by atoms with Gasteiger partial charge in [0.1, 0.15) is 5.01 Å². The maximum Gasteiger partial charge on any atom is 0.240 e. The van der Waals surface area contributed by atoms with Crippen molar-refractivity contribution < 1.29 is 4.79 Å². The fourth-order valence-corrected chi connectivity index (χ4v) is 2.60. The van der Waals surface area contributed by atoms with Gasteiger partial charge in [-0.3, -0.25) is 4.79 Å². The molecule has 1 aromatic heterocycles. The number of carbonyl (C=O) groups excluding carboxylic acids is 1. The van der Waals surface area contributed by atoms with Crippen molar-refractivity contribution in [2.24, 2.45) is 5.73 Å². The monoisotopic (exact) mass is 283 g/mol. The Morgan fingerprint density at radius 2 is 2.17 bits per heavy atom. The summed E-state index contributed by atoms with van der Waals surface area (Å²) >= 11 is 1.60. The van der Waals surface area contributed by atoms with Crippen molar-refractivity contribution in [2.45, 2.75) is 24.9 Å². The summed E-state index contributed by atoms with van der Waals surface area (Å²) in [6, 6.07) is 7.96. The predicted molar refractivity (Wildman–Crippen MR) is 74.9 cm³/mol. The summed E-state index contributed by atoms with van der Waals surface area (Å²) in [4.78, 5) is 16.1. The Balaban J connectivity index is 0.00000120. The van der Waals surface area contributed by atoms with Crippen molar-refractivity contribution in [3.63, 3.8) is 0 Å². The number of fused-ring (bicyclic) bond motifs is 1. The van der Waals surface area contributed by atoms with Gasteiger partial charge in [0.2, 0.25) is 5.91 Å². The van der Waals surface area contributed by atoms with E-state index in [4.69, 9.17) is 5.73 Å². The zero-order valence-corrected chi connectivity index (χ0v) is 11.3. The number of benzene rings is 1. The minimum Gasteiger partial charge on any atom is -0.348 e. The standard InChI is InChI=1S/C12H13N3OS.ClH/c13-12(5-6-12)11(16)14-7-10-15-8-3-1-2-4-9(8)17-10;/h1-4H,5-7,13H2,(H,14,16);1H. The molecule has 96 valence electrons. The molecule has 0 saturated heterocycles. The van der Waals surface area contributed by atoms with Gasteiger partial charge in [-0.2, -0.15) is 0 Å². The molecule has 6 heteroatoms. The van der Waals surface area contributed by atoms with Crippen molar-refractivity contribution in [3.05, 3.63) is 29.3 Å². The van der Waals surface area contributed by atoms with E-state index in [0.29, 0.717) is 6.54 Å². The lowest BCUT2D eigenvalue weighted by molar-refractivity contribution is -0.123. The summed E-state index contributed by atoms with van der Waals surface area (Å²) < 4.78 is 1.14. The molecule has 0 unspecified atom stereocenters. The molecule has 3 N–H and O–H groups in total. The number of halogens is 1. The van der Waals surface area contributed by atoms with E-state index >= 15 is 0 Å². The highest BCUT2D eigenvalue weighted by Crippen LogP contribution is 2.32. The van der Waals surface area contributed by atoms with Gasteiger partial charge in [-0.15, -0.1) is 23.7 Å². The van der Waals surface area contributed by atoms with Gasteiger partial charge in [-0.05, 0) is 25.0 Å². The predicted octanol–water partition coefficient (Wildman–Crippen LogP) is 1.83. The number of para-hydroxylation sites is 1. The molecule has 1 saturated carbocycles. The minimum atomic E-state index is -0.601. The Kier molecular flexibility index (Phi) is 3.56. The molecule has 0 spiro atoms. The van der Waals surface area contributed by atoms with Crippen molar-refractivity contribution in [1.29, 1.82) is 0 Å². The van der Waals surface area contributed by atoms with Gasteiger partial charge in [-0.25, -0.2) is 4.98 Å². The maximum atomic E-state index is 11.7. The van der Waals surface area contributed by atoms with E-state index in [1.54, 1.807) is 11.3 Å². The molecule has 18 heavy (non-hydrogen) atoms. The highest BCUT2D eigenvalue weighted by Gasteiger charge is 2.45. The van der Waals surface area contributed by atoms with Crippen LogP contribution in [-0.2, 0) is 11.3 Å². The fourth-order valence-electron chi connectivity index (χ4n) is 1.69. The largest absolute Gasteiger partial charge is 0.348 e. The Labute approximate surface area is 115 Å². The molecule has 2 aromatic rings. The maximum absolute atomic E-state index is 11.7. The second-order valence-electron chi connectivity index (χ2n) is 4.41. The van der Waals surface area contributed by atoms with Gasteiger partial charge in [0, 0.05) is 0 Å². The molecular weight excluding hydrogens is 270 g/mol. The first kappa shape index (κ1) is 13.3. The molecule has 1 aliphatic carbocycles. The van der Waals surface area contributed by atoms with E-state index < -0.39 is 5.54 Å². The van der Waals surface area contributed by atoms with Crippen molar-refractivity contribution >= 4 is 39.9 Å². The topological polar surface area (TPSA) is 68.0 Å². The van der Waals surface area contributed by atoms with E-state index in [1.165, 1.54) is 0 Å². The number of thiazole rings is 1. The fraction of sp³-hybridized carbons (Fsp3) is 0.333. The first-order valence-electron chi connectivity index (χ1n) is 5.59. The van der Waals surface area contributed by atoms with E-state index in [9.17, 15) is 4.79 Å². The Bertz CT molecular complexity index is 546. The molecule has 1 heterocycles. The van der Waals surface area contributed by atoms with Gasteiger partial charge in [0.15, 0.2) is 0 Å². The molecule has 0 aliphatic heterocycles. The molecule has 4 nitrogen and oxygen atoms in total. The number of nitrogens with zero attached hydrogens (tertiary/aromatic N) is 1. The third-order valence-electron chi connectivity index (χ3n) is 2.98. The lowest BCUT2D eigenvalue weighted by Crippen LogP contribution is -2.42. The number of aromatic nitrogens is 1. The van der Waals surface area contributed by atoms with Crippen molar-refractivity contribution in [2.75, 3.05) is 0 Å². The number of rotatable bonds is 3. The summed E-state index contributed by atoms with van der Waals surface area (Å²) in [6.45, 7) is 0.469. The summed E-state index contributed by atoms with van der Waals surface area (Å²) in [6.07, 6.45) is 1.58. The highest BCUT2D eigenvalue weighted by molar-refractivity contribution is 7.18. The normalized spacial score (nSPS) is 16.1. The second-order valence-corrected chi connectivity index (χ2v) is 5.53. The molecule has 1 fully saturated rings. The lowest BCUT2D eigenvalue weighted by atomic mass is 10.3. The average molecular weight is 284 g/mol. The van der Waals surface area contributed by atoms with Crippen LogP contribution in [0.4, 0.5) is 0 Å². The van der Waals surface area contributed by atoms with Crippen LogP contribution in [0.1, 0.15) is 17.8 Å². The van der Waals surface area contributed by atoms with Gasteiger partial charge >= 0.3 is 0 Å². The number of amides is 1. The van der Waals surface area contributed by atoms with Crippen LogP contribution in [0.2, 0.25) is 0 Å². The first-order valence-corrected chi connectivity index (χ1v) is 6.41. The smallest absolute Gasteiger partial charge is 0.240 e. The van der Waals surface area contributed by atoms with Crippen LogP contribution < -0.4 is 11.1 Å². The number of hydrogen-bond donors (Lipinski definition) is 2. The van der Waals surface area contributed by atoms with Gasteiger partial charge < -0.3 is 11.1 Å². The average Bonchev–Trinajstić information content (AvgIpc) is 2.95. The van der Waals surface area contributed by atoms with Crippen LogP contribution in [0.5, 0.6) is 0 Å². The minimum absolute atomic E-state index is 0. The van der Waals surface area contributed by atoms with Gasteiger partial charge in [0.25, 0.3) is 0 Å². The molecule has 1 aliphatic rings. The molecular formula is C12H14ClN3OS. The molecule has 0 atom stereocenters. The number of nitrogens with two attached hydrogens (primary N) is 1. The third-order valence-corrected chi connectivity index (χ3v) is 4.02. The number of hydrogen-bond acceptors (Lipinski definition) is 4. The summed E-state index contributed by atoms with van der Waals surface area (Å²) in [5.41, 5.74) is 6.18. The van der Waals surface area contributed by atoms with Crippen LogP contribution in [-0.4, -0.2) is 16.4 Å². The van der Waals surface area contributed by atoms with Crippen LogP contribution in [0.3, 0.4) is 0 Å². The van der Waals surface area contributed by atoms with Crippen LogP contribution in [0.15, 0.2) is 24.3 Å². The Hall–Kier alpha value is -1.17. The molecule has 1 aromatic carbocycles. The van der Waals surface area contributed by atoms with E-state index in [0.717, 1.165) is 28.1 Å². The van der Waals surface area contributed by atoms with Crippen molar-refractivity contribution in [1.82, 2.24) is 10.3 Å². The van der Waals surface area contributed by atoms with Crippen LogP contribution in [0, 0.1) is 0 Å². The van der Waals surface area contributed by atoms with Crippen LogP contribution >= 0.6 is 23.7 Å². The zero-order valence-electron chi connectivity index (χ0n) is 9.68. The van der Waals surface area contributed by atoms with E-state index in [-0.39, 0.29) is 18.3 Å². The lowest BCUT2D eigenvalue weighted by Gasteiger charge is -2.07. The van der Waals surface area contributed by atoms with Crippen molar-refractivity contribution in [3.8, 4) is 0 Å². The quantitative estimate of drug-likeness (QED) is 0.903.